The van der Waals surface area contributed by atoms with E-state index in [2.05, 4.69) is 20.7 Å². The Morgan fingerprint density at radius 1 is 1.25 bits per heavy atom. The predicted octanol–water partition coefficient (Wildman–Crippen LogP) is 2.00. The molecule has 5 nitrogen and oxygen atoms in total. The van der Waals surface area contributed by atoms with Crippen molar-refractivity contribution in [1.29, 1.82) is 0 Å². The maximum absolute atomic E-state index is 12.4. The van der Waals surface area contributed by atoms with Gasteiger partial charge in [0.05, 0.1) is 11.8 Å². The van der Waals surface area contributed by atoms with Gasteiger partial charge in [0.15, 0.2) is 0 Å². The van der Waals surface area contributed by atoms with Gasteiger partial charge < -0.3 is 10.8 Å². The highest BCUT2D eigenvalue weighted by Gasteiger charge is 2.28. The molecule has 0 aromatic heterocycles. The third kappa shape index (κ3) is 3.72. The van der Waals surface area contributed by atoms with Crippen molar-refractivity contribution in [3.63, 3.8) is 0 Å². The third-order valence-corrected chi connectivity index (χ3v) is 5.60. The second kappa shape index (κ2) is 6.43. The number of anilines is 1. The molecule has 112 valence electrons. The lowest BCUT2D eigenvalue weighted by Crippen LogP contribution is -2.42. The van der Waals surface area contributed by atoms with Gasteiger partial charge in [0.25, 0.3) is 0 Å². The number of halogens is 1. The van der Waals surface area contributed by atoms with Gasteiger partial charge in [0.2, 0.25) is 10.0 Å². The molecule has 7 heteroatoms. The summed E-state index contributed by atoms with van der Waals surface area (Å²) in [6.07, 6.45) is 3.51. The molecule has 1 aromatic rings. The molecule has 2 atom stereocenters. The van der Waals surface area contributed by atoms with Crippen LogP contribution in [-0.4, -0.2) is 25.7 Å². The van der Waals surface area contributed by atoms with Crippen LogP contribution in [0.25, 0.3) is 0 Å². The maximum Gasteiger partial charge on any atom is 0.242 e. The molecule has 1 saturated carbocycles. The lowest BCUT2D eigenvalue weighted by Gasteiger charge is -2.22. The van der Waals surface area contributed by atoms with E-state index in [0.29, 0.717) is 12.8 Å². The molecule has 0 spiro atoms. The van der Waals surface area contributed by atoms with E-state index in [1.165, 1.54) is 6.07 Å². The van der Waals surface area contributed by atoms with Crippen LogP contribution >= 0.6 is 15.9 Å². The van der Waals surface area contributed by atoms with Crippen LogP contribution in [0.1, 0.15) is 32.1 Å². The molecule has 0 bridgehead atoms. The molecule has 0 aliphatic heterocycles. The first-order valence-corrected chi connectivity index (χ1v) is 8.93. The zero-order chi connectivity index (χ0) is 14.8. The van der Waals surface area contributed by atoms with Crippen LogP contribution in [0.15, 0.2) is 27.6 Å². The van der Waals surface area contributed by atoms with Crippen molar-refractivity contribution >= 4 is 31.6 Å². The monoisotopic (exact) mass is 362 g/mol. The molecule has 0 heterocycles. The Morgan fingerprint density at radius 3 is 2.65 bits per heavy atom. The molecule has 0 radical (unpaired) electrons. The highest BCUT2D eigenvalue weighted by molar-refractivity contribution is 9.10. The fourth-order valence-corrected chi connectivity index (χ4v) is 4.25. The van der Waals surface area contributed by atoms with Crippen LogP contribution in [-0.2, 0) is 10.0 Å². The number of rotatable bonds is 3. The van der Waals surface area contributed by atoms with Gasteiger partial charge in [-0.15, -0.1) is 0 Å². The Morgan fingerprint density at radius 2 is 1.95 bits per heavy atom. The number of nitrogen functional groups attached to an aromatic ring is 1. The fourth-order valence-electron chi connectivity index (χ4n) is 2.45. The topological polar surface area (TPSA) is 92.4 Å². The molecule has 4 N–H and O–H groups in total. The first-order chi connectivity index (χ1) is 9.40. The summed E-state index contributed by atoms with van der Waals surface area (Å²) in [6, 6.07) is 4.21. The summed E-state index contributed by atoms with van der Waals surface area (Å²) in [4.78, 5) is 0.0529. The Hall–Kier alpha value is -0.630. The summed E-state index contributed by atoms with van der Waals surface area (Å²) in [6.45, 7) is 0. The Bertz CT molecular complexity index is 577. The molecule has 1 aromatic carbocycles. The largest absolute Gasteiger partial charge is 0.398 e. The van der Waals surface area contributed by atoms with Gasteiger partial charge >= 0.3 is 0 Å². The minimum atomic E-state index is -3.71. The van der Waals surface area contributed by atoms with E-state index in [1.54, 1.807) is 12.1 Å². The molecule has 20 heavy (non-hydrogen) atoms. The summed E-state index contributed by atoms with van der Waals surface area (Å²) in [5.74, 6) is 0. The summed E-state index contributed by atoms with van der Waals surface area (Å²) < 4.78 is 28.1. The predicted molar refractivity (Wildman–Crippen MR) is 81.8 cm³/mol. The number of nitrogens with one attached hydrogen (secondary N) is 1. The van der Waals surface area contributed by atoms with Crippen molar-refractivity contribution in [2.75, 3.05) is 5.73 Å². The first-order valence-electron chi connectivity index (χ1n) is 6.65. The summed E-state index contributed by atoms with van der Waals surface area (Å²) >= 11 is 3.25. The molecule has 2 rings (SSSR count). The third-order valence-electron chi connectivity index (χ3n) is 3.55. The molecule has 0 amide bonds. The summed E-state index contributed by atoms with van der Waals surface area (Å²) in [5.41, 5.74) is 5.96. The van der Waals surface area contributed by atoms with Gasteiger partial charge in [0.1, 0.15) is 4.90 Å². The van der Waals surface area contributed by atoms with E-state index in [9.17, 15) is 13.5 Å². The molecule has 1 aliphatic carbocycles. The van der Waals surface area contributed by atoms with E-state index >= 15 is 0 Å². The highest BCUT2D eigenvalue weighted by Crippen LogP contribution is 2.25. The van der Waals surface area contributed by atoms with Crippen LogP contribution in [0.4, 0.5) is 5.69 Å². The molecule has 1 aliphatic rings. The maximum atomic E-state index is 12.4. The van der Waals surface area contributed by atoms with Crippen molar-refractivity contribution in [2.24, 2.45) is 0 Å². The number of hydrogen-bond acceptors (Lipinski definition) is 4. The van der Waals surface area contributed by atoms with Crippen LogP contribution in [0.5, 0.6) is 0 Å². The second-order valence-corrected chi connectivity index (χ2v) is 7.71. The number of nitrogens with two attached hydrogens (primary N) is 1. The first kappa shape index (κ1) is 15.8. The number of aliphatic hydroxyl groups is 1. The quantitative estimate of drug-likeness (QED) is 0.566. The van der Waals surface area contributed by atoms with Crippen molar-refractivity contribution in [2.45, 2.75) is 49.1 Å². The minimum Gasteiger partial charge on any atom is -0.398 e. The minimum absolute atomic E-state index is 0.0529. The van der Waals surface area contributed by atoms with E-state index in [4.69, 9.17) is 5.73 Å². The van der Waals surface area contributed by atoms with Gasteiger partial charge in [-0.25, -0.2) is 13.1 Å². The van der Waals surface area contributed by atoms with Gasteiger partial charge in [0, 0.05) is 10.5 Å². The second-order valence-electron chi connectivity index (χ2n) is 5.12. The van der Waals surface area contributed by atoms with Crippen molar-refractivity contribution in [3.8, 4) is 0 Å². The van der Waals surface area contributed by atoms with Gasteiger partial charge in [-0.3, -0.25) is 0 Å². The van der Waals surface area contributed by atoms with Gasteiger partial charge in [-0.2, -0.15) is 0 Å². The zero-order valence-electron chi connectivity index (χ0n) is 11.0. The number of benzene rings is 1. The number of hydrogen-bond donors (Lipinski definition) is 3. The zero-order valence-corrected chi connectivity index (χ0v) is 13.5. The average Bonchev–Trinajstić information content (AvgIpc) is 2.54. The lowest BCUT2D eigenvalue weighted by molar-refractivity contribution is 0.130. The van der Waals surface area contributed by atoms with E-state index in [-0.39, 0.29) is 10.6 Å². The molecule has 0 saturated heterocycles. The number of aliphatic hydroxyl groups excluding tert-OH is 1. The van der Waals surface area contributed by atoms with Crippen LogP contribution < -0.4 is 10.5 Å². The van der Waals surface area contributed by atoms with Crippen LogP contribution in [0, 0.1) is 0 Å². The SMILES string of the molecule is Nc1cc(Br)ccc1S(=O)(=O)NC1CCCCCC1O. The highest BCUT2D eigenvalue weighted by atomic mass is 79.9. The molecule has 1 fully saturated rings. The molecule has 2 unspecified atom stereocenters. The fraction of sp³-hybridized carbons (Fsp3) is 0.538. The summed E-state index contributed by atoms with van der Waals surface area (Å²) in [7, 11) is -3.71. The normalized spacial score (nSPS) is 24.3. The van der Waals surface area contributed by atoms with Crippen molar-refractivity contribution < 1.29 is 13.5 Å². The average molecular weight is 363 g/mol. The van der Waals surface area contributed by atoms with Crippen molar-refractivity contribution in [3.05, 3.63) is 22.7 Å². The van der Waals surface area contributed by atoms with Crippen LogP contribution in [0.3, 0.4) is 0 Å². The van der Waals surface area contributed by atoms with E-state index in [1.807, 2.05) is 0 Å². The Kier molecular flexibility index (Phi) is 5.06. The van der Waals surface area contributed by atoms with Crippen LogP contribution in [0.2, 0.25) is 0 Å². The van der Waals surface area contributed by atoms with E-state index < -0.39 is 22.2 Å². The molecular formula is C13H19BrN2O3S. The number of sulfonamides is 1. The van der Waals surface area contributed by atoms with Gasteiger partial charge in [-0.05, 0) is 31.0 Å². The lowest BCUT2D eigenvalue weighted by atomic mass is 10.1. The Labute approximate surface area is 127 Å². The van der Waals surface area contributed by atoms with Gasteiger partial charge in [-0.1, -0.05) is 35.2 Å². The van der Waals surface area contributed by atoms with Crippen molar-refractivity contribution in [1.82, 2.24) is 4.72 Å². The van der Waals surface area contributed by atoms with E-state index in [0.717, 1.165) is 23.7 Å². The smallest absolute Gasteiger partial charge is 0.242 e. The summed E-state index contributed by atoms with van der Waals surface area (Å²) in [5, 5.41) is 10.0. The Balaban J connectivity index is 2.21. The molecular weight excluding hydrogens is 344 g/mol. The standard InChI is InChI=1S/C13H19BrN2O3S/c14-9-6-7-13(10(15)8-9)20(18,19)16-11-4-2-1-3-5-12(11)17/h6-8,11-12,16-17H,1-5,15H2.